The highest BCUT2D eigenvalue weighted by atomic mass is 35.5. The lowest BCUT2D eigenvalue weighted by atomic mass is 9.88. The normalized spacial score (nSPS) is 21.2. The molecule has 0 saturated heterocycles. The smallest absolute Gasteiger partial charge is 0.227 e. The highest BCUT2D eigenvalue weighted by Crippen LogP contribution is 2.31. The molecule has 1 aliphatic carbocycles. The molecule has 0 bridgehead atoms. The summed E-state index contributed by atoms with van der Waals surface area (Å²) in [5, 5.41) is 14.0. The fourth-order valence-electron chi connectivity index (χ4n) is 5.66. The zero-order chi connectivity index (χ0) is 28.8. The Labute approximate surface area is 247 Å². The second kappa shape index (κ2) is 14.0. The molecule has 2 amide bonds. The summed E-state index contributed by atoms with van der Waals surface area (Å²) >= 11 is 12.3. The second-order valence-electron chi connectivity index (χ2n) is 11.5. The zero-order valence-electron chi connectivity index (χ0n) is 23.7. The molecule has 3 atom stereocenters. The van der Waals surface area contributed by atoms with Crippen LogP contribution in [0.15, 0.2) is 36.4 Å². The highest BCUT2D eigenvalue weighted by Gasteiger charge is 2.31. The van der Waals surface area contributed by atoms with E-state index in [0.29, 0.717) is 41.1 Å². The third-order valence-electron chi connectivity index (χ3n) is 8.09. The standard InChI is InChI=1S/C31H41Cl2N3O4/c1-20-16-36(21(2)19-37)30(38)15-24-14-25(34-31(39)23-7-5-4-6-8-23)10-12-28(24)40-29(20)18-35(3)17-22-9-11-26(32)27(33)13-22/h9-14,20-21,23,29,37H,4-8,15-19H2,1-3H3,(H,34,39)/t20-,21-,29+/m1/s1. The van der Waals surface area contributed by atoms with Crippen LogP contribution in [0, 0.1) is 11.8 Å². The van der Waals surface area contributed by atoms with E-state index >= 15 is 0 Å². The van der Waals surface area contributed by atoms with Crippen molar-refractivity contribution in [3.63, 3.8) is 0 Å². The lowest BCUT2D eigenvalue weighted by Crippen LogP contribution is -2.47. The van der Waals surface area contributed by atoms with Gasteiger partial charge in [-0.25, -0.2) is 0 Å². The van der Waals surface area contributed by atoms with Gasteiger partial charge in [-0.05, 0) is 62.7 Å². The van der Waals surface area contributed by atoms with E-state index in [4.69, 9.17) is 27.9 Å². The Hall–Kier alpha value is -2.32. The van der Waals surface area contributed by atoms with Crippen LogP contribution in [0.25, 0.3) is 0 Å². The Kier molecular flexibility index (Phi) is 10.7. The Morgan fingerprint density at radius 3 is 2.60 bits per heavy atom. The molecule has 0 spiro atoms. The van der Waals surface area contributed by atoms with Crippen LogP contribution in [0.2, 0.25) is 10.0 Å². The number of hydrogen-bond acceptors (Lipinski definition) is 5. The van der Waals surface area contributed by atoms with Crippen molar-refractivity contribution in [2.24, 2.45) is 11.8 Å². The van der Waals surface area contributed by atoms with Crippen LogP contribution in [0.3, 0.4) is 0 Å². The molecule has 4 rings (SSSR count). The predicted octanol–water partition coefficient (Wildman–Crippen LogP) is 5.79. The lowest BCUT2D eigenvalue weighted by molar-refractivity contribution is -0.134. The fourth-order valence-corrected chi connectivity index (χ4v) is 5.98. The summed E-state index contributed by atoms with van der Waals surface area (Å²) in [7, 11) is 2.02. The largest absolute Gasteiger partial charge is 0.488 e. The molecule has 40 heavy (non-hydrogen) atoms. The van der Waals surface area contributed by atoms with Crippen molar-refractivity contribution in [2.75, 3.05) is 32.1 Å². The van der Waals surface area contributed by atoms with Crippen LogP contribution >= 0.6 is 23.2 Å². The number of benzene rings is 2. The van der Waals surface area contributed by atoms with Gasteiger partial charge >= 0.3 is 0 Å². The van der Waals surface area contributed by atoms with E-state index in [1.54, 1.807) is 11.0 Å². The van der Waals surface area contributed by atoms with E-state index in [9.17, 15) is 14.7 Å². The minimum atomic E-state index is -0.319. The van der Waals surface area contributed by atoms with Gasteiger partial charge in [-0.2, -0.15) is 0 Å². The summed E-state index contributed by atoms with van der Waals surface area (Å²) in [5.41, 5.74) is 2.44. The minimum absolute atomic E-state index is 0.00848. The van der Waals surface area contributed by atoms with Crippen LogP contribution in [0.5, 0.6) is 5.75 Å². The van der Waals surface area contributed by atoms with Crippen LogP contribution < -0.4 is 10.1 Å². The molecule has 218 valence electrons. The van der Waals surface area contributed by atoms with Gasteiger partial charge in [0.25, 0.3) is 0 Å². The number of nitrogens with zero attached hydrogens (tertiary/aromatic N) is 2. The van der Waals surface area contributed by atoms with Gasteiger partial charge in [0, 0.05) is 42.7 Å². The molecule has 2 aliphatic rings. The molecule has 0 unspecified atom stereocenters. The maximum atomic E-state index is 13.5. The molecule has 1 fully saturated rings. The van der Waals surface area contributed by atoms with E-state index in [1.165, 1.54) is 6.42 Å². The van der Waals surface area contributed by atoms with E-state index in [-0.39, 0.29) is 48.8 Å². The van der Waals surface area contributed by atoms with Crippen molar-refractivity contribution >= 4 is 40.7 Å². The summed E-state index contributed by atoms with van der Waals surface area (Å²) in [6.45, 7) is 5.54. The Balaban J connectivity index is 1.56. The number of fused-ring (bicyclic) bond motifs is 1. The van der Waals surface area contributed by atoms with Gasteiger partial charge in [-0.1, -0.05) is 55.5 Å². The first-order valence-corrected chi connectivity index (χ1v) is 15.0. The van der Waals surface area contributed by atoms with E-state index in [1.807, 2.05) is 44.3 Å². The zero-order valence-corrected chi connectivity index (χ0v) is 25.2. The number of carbonyl (C=O) groups excluding carboxylic acids is 2. The lowest BCUT2D eigenvalue weighted by Gasteiger charge is -2.34. The molecule has 1 aliphatic heterocycles. The molecule has 0 radical (unpaired) electrons. The third kappa shape index (κ3) is 7.90. The number of halogens is 2. The number of likely N-dealkylation sites (N-methyl/N-ethyl adjacent to an activating group) is 1. The van der Waals surface area contributed by atoms with Crippen LogP contribution in [0.4, 0.5) is 5.69 Å². The molecule has 1 saturated carbocycles. The Bertz CT molecular complexity index is 1190. The van der Waals surface area contributed by atoms with Gasteiger partial charge < -0.3 is 20.1 Å². The number of aliphatic hydroxyl groups excluding tert-OH is 1. The number of carbonyl (C=O) groups is 2. The molecule has 2 N–H and O–H groups in total. The maximum absolute atomic E-state index is 13.5. The first-order chi connectivity index (χ1) is 19.1. The van der Waals surface area contributed by atoms with Crippen molar-refractivity contribution in [3.05, 3.63) is 57.6 Å². The van der Waals surface area contributed by atoms with Gasteiger partial charge in [0.1, 0.15) is 11.9 Å². The molecular formula is C31H41Cl2N3O4. The van der Waals surface area contributed by atoms with Gasteiger partial charge in [0.2, 0.25) is 11.8 Å². The minimum Gasteiger partial charge on any atom is -0.488 e. The molecule has 1 heterocycles. The highest BCUT2D eigenvalue weighted by molar-refractivity contribution is 6.42. The van der Waals surface area contributed by atoms with Crippen molar-refractivity contribution in [1.82, 2.24) is 9.80 Å². The van der Waals surface area contributed by atoms with Crippen molar-refractivity contribution in [3.8, 4) is 5.75 Å². The predicted molar refractivity (Wildman–Crippen MR) is 160 cm³/mol. The van der Waals surface area contributed by atoms with Gasteiger partial charge in [0.05, 0.1) is 29.1 Å². The molecule has 0 aromatic heterocycles. The number of nitrogens with one attached hydrogen (secondary N) is 1. The summed E-state index contributed by atoms with van der Waals surface area (Å²) in [5.74, 6) is 0.641. The Morgan fingerprint density at radius 2 is 1.90 bits per heavy atom. The summed E-state index contributed by atoms with van der Waals surface area (Å²) in [6.07, 6.45) is 5.10. The van der Waals surface area contributed by atoms with Crippen LogP contribution in [-0.2, 0) is 22.6 Å². The van der Waals surface area contributed by atoms with Crippen LogP contribution in [0.1, 0.15) is 57.1 Å². The summed E-state index contributed by atoms with van der Waals surface area (Å²) in [4.78, 5) is 30.3. The molecule has 2 aromatic rings. The number of hydrogen-bond donors (Lipinski definition) is 2. The molecular weight excluding hydrogens is 549 g/mol. The monoisotopic (exact) mass is 589 g/mol. The van der Waals surface area contributed by atoms with Gasteiger partial charge in [-0.15, -0.1) is 0 Å². The SMILES string of the molecule is C[C@@H]1CN([C@H](C)CO)C(=O)Cc2cc(NC(=O)C3CCCCC3)ccc2O[C@H]1CN(C)Cc1ccc(Cl)c(Cl)c1. The number of ether oxygens (including phenoxy) is 1. The topological polar surface area (TPSA) is 82.1 Å². The third-order valence-corrected chi connectivity index (χ3v) is 8.83. The first-order valence-electron chi connectivity index (χ1n) is 14.3. The van der Waals surface area contributed by atoms with E-state index in [2.05, 4.69) is 17.1 Å². The summed E-state index contributed by atoms with van der Waals surface area (Å²) in [6, 6.07) is 10.9. The van der Waals surface area contributed by atoms with Gasteiger partial charge in [0.15, 0.2) is 0 Å². The van der Waals surface area contributed by atoms with Crippen LogP contribution in [-0.4, -0.2) is 65.6 Å². The first kappa shape index (κ1) is 30.6. The average molecular weight is 591 g/mol. The molecule has 2 aromatic carbocycles. The number of amides is 2. The van der Waals surface area contributed by atoms with E-state index < -0.39 is 0 Å². The fraction of sp³-hybridized carbons (Fsp3) is 0.548. The number of rotatable bonds is 8. The average Bonchev–Trinajstić information content (AvgIpc) is 2.98. The summed E-state index contributed by atoms with van der Waals surface area (Å²) < 4.78 is 6.62. The molecule has 9 heteroatoms. The quantitative estimate of drug-likeness (QED) is 0.407. The van der Waals surface area contributed by atoms with E-state index in [0.717, 1.165) is 36.8 Å². The molecule has 7 nitrogen and oxygen atoms in total. The second-order valence-corrected chi connectivity index (χ2v) is 12.3. The van der Waals surface area contributed by atoms with Gasteiger partial charge in [-0.3, -0.25) is 14.5 Å². The van der Waals surface area contributed by atoms with Crippen molar-refractivity contribution in [1.29, 1.82) is 0 Å². The van der Waals surface area contributed by atoms with Crippen molar-refractivity contribution in [2.45, 2.75) is 71.1 Å². The maximum Gasteiger partial charge on any atom is 0.227 e. The number of aliphatic hydroxyl groups is 1. The Morgan fingerprint density at radius 1 is 1.15 bits per heavy atom. The van der Waals surface area contributed by atoms with Crippen molar-refractivity contribution < 1.29 is 19.4 Å². The number of anilines is 1.